The van der Waals surface area contributed by atoms with Crippen LogP contribution in [0.5, 0.6) is 0 Å². The highest BCUT2D eigenvalue weighted by molar-refractivity contribution is 5.91. The summed E-state index contributed by atoms with van der Waals surface area (Å²) in [6.07, 6.45) is -0.388. The summed E-state index contributed by atoms with van der Waals surface area (Å²) in [6.45, 7) is 11.9. The minimum Gasteiger partial charge on any atom is -0.454 e. The van der Waals surface area contributed by atoms with Crippen molar-refractivity contribution in [1.82, 2.24) is 0 Å². The second-order valence-electron chi connectivity index (χ2n) is 6.14. The van der Waals surface area contributed by atoms with E-state index in [0.29, 0.717) is 32.0 Å². The van der Waals surface area contributed by atoms with E-state index in [0.717, 1.165) is 5.56 Å². The molecule has 1 aromatic carbocycles. The van der Waals surface area contributed by atoms with E-state index in [1.54, 1.807) is 6.07 Å². The molecule has 0 spiro atoms. The predicted molar refractivity (Wildman–Crippen MR) is 87.3 cm³/mol. The number of benzene rings is 1. The van der Waals surface area contributed by atoms with Crippen LogP contribution in [0.1, 0.15) is 50.5 Å². The van der Waals surface area contributed by atoms with Crippen LogP contribution in [-0.4, -0.2) is 38.5 Å². The van der Waals surface area contributed by atoms with E-state index in [-0.39, 0.29) is 17.5 Å². The molecule has 0 atom stereocenters. The molecule has 0 aliphatic rings. The average Bonchev–Trinajstić information content (AvgIpc) is 2.49. The van der Waals surface area contributed by atoms with E-state index in [1.807, 2.05) is 32.0 Å². The van der Waals surface area contributed by atoms with Crippen LogP contribution in [-0.2, 0) is 19.6 Å². The molecule has 4 heteroatoms. The molecule has 0 fully saturated rings. The Bertz CT molecular complexity index is 454. The van der Waals surface area contributed by atoms with Gasteiger partial charge in [0.1, 0.15) is 6.10 Å². The average molecular weight is 308 g/mol. The van der Waals surface area contributed by atoms with Gasteiger partial charge in [-0.25, -0.2) is 4.79 Å². The van der Waals surface area contributed by atoms with Crippen LogP contribution < -0.4 is 0 Å². The van der Waals surface area contributed by atoms with Crippen molar-refractivity contribution in [3.8, 4) is 0 Å². The lowest BCUT2D eigenvalue weighted by Crippen LogP contribution is -2.30. The number of hydrogen-bond donors (Lipinski definition) is 0. The zero-order valence-electron chi connectivity index (χ0n) is 14.3. The smallest absolute Gasteiger partial charge is 0.338 e. The molecule has 0 unspecified atom stereocenters. The zero-order valence-corrected chi connectivity index (χ0v) is 14.3. The highest BCUT2D eigenvalue weighted by atomic mass is 16.6. The van der Waals surface area contributed by atoms with Gasteiger partial charge in [-0.05, 0) is 30.9 Å². The molecule has 22 heavy (non-hydrogen) atoms. The van der Waals surface area contributed by atoms with Crippen molar-refractivity contribution in [1.29, 1.82) is 0 Å². The van der Waals surface area contributed by atoms with Crippen molar-refractivity contribution in [3.05, 3.63) is 35.4 Å². The Morgan fingerprint density at radius 2 is 1.59 bits per heavy atom. The van der Waals surface area contributed by atoms with E-state index in [9.17, 15) is 4.79 Å². The quantitative estimate of drug-likeness (QED) is 0.689. The van der Waals surface area contributed by atoms with Crippen LogP contribution >= 0.6 is 0 Å². The van der Waals surface area contributed by atoms with Gasteiger partial charge in [-0.1, -0.05) is 39.0 Å². The molecule has 0 N–H and O–H groups in total. The Kier molecular flexibility index (Phi) is 7.56. The first-order chi connectivity index (χ1) is 10.4. The molecule has 1 rings (SSSR count). The van der Waals surface area contributed by atoms with Gasteiger partial charge in [0.2, 0.25) is 0 Å². The van der Waals surface area contributed by atoms with E-state index >= 15 is 0 Å². The van der Waals surface area contributed by atoms with Crippen molar-refractivity contribution >= 4 is 5.97 Å². The lowest BCUT2D eigenvalue weighted by Gasteiger charge is -2.23. The predicted octanol–water partition coefficient (Wildman–Crippen LogP) is 3.58. The summed E-state index contributed by atoms with van der Waals surface area (Å²) in [5, 5.41) is 0. The number of esters is 1. The van der Waals surface area contributed by atoms with Crippen molar-refractivity contribution in [3.63, 3.8) is 0 Å². The van der Waals surface area contributed by atoms with E-state index in [2.05, 4.69) is 20.8 Å². The summed E-state index contributed by atoms with van der Waals surface area (Å²) >= 11 is 0. The fourth-order valence-corrected chi connectivity index (χ4v) is 2.14. The van der Waals surface area contributed by atoms with Gasteiger partial charge in [0.15, 0.2) is 0 Å². The minimum absolute atomic E-state index is 0.120. The van der Waals surface area contributed by atoms with Gasteiger partial charge in [0.05, 0.1) is 18.8 Å². The standard InChI is InChI=1S/C18H28O4/c1-6-20-12-14(13-21-7-2)22-17(19)15-10-8-9-11-16(15)18(3,4)5/h8-11,14H,6-7,12-13H2,1-5H3. The Balaban J connectivity index is 2.85. The zero-order chi connectivity index (χ0) is 16.6. The van der Waals surface area contributed by atoms with Crippen molar-refractivity contribution in [2.24, 2.45) is 0 Å². The fraction of sp³-hybridized carbons (Fsp3) is 0.611. The van der Waals surface area contributed by atoms with Crippen molar-refractivity contribution in [2.45, 2.75) is 46.1 Å². The van der Waals surface area contributed by atoms with E-state index in [1.165, 1.54) is 0 Å². The number of carbonyl (C=O) groups is 1. The SMILES string of the molecule is CCOCC(COCC)OC(=O)c1ccccc1C(C)(C)C. The molecule has 0 aliphatic heterocycles. The highest BCUT2D eigenvalue weighted by Gasteiger charge is 2.24. The lowest BCUT2D eigenvalue weighted by atomic mass is 9.84. The summed E-state index contributed by atoms with van der Waals surface area (Å²) in [4.78, 5) is 12.5. The van der Waals surface area contributed by atoms with Crippen LogP contribution in [0.25, 0.3) is 0 Å². The topological polar surface area (TPSA) is 44.8 Å². The molecular formula is C18H28O4. The fourth-order valence-electron chi connectivity index (χ4n) is 2.14. The van der Waals surface area contributed by atoms with Crippen LogP contribution in [0.2, 0.25) is 0 Å². The van der Waals surface area contributed by atoms with Gasteiger partial charge in [-0.15, -0.1) is 0 Å². The number of hydrogen-bond acceptors (Lipinski definition) is 4. The van der Waals surface area contributed by atoms with Gasteiger partial charge in [0.25, 0.3) is 0 Å². The molecule has 0 saturated heterocycles. The molecule has 0 saturated carbocycles. The van der Waals surface area contributed by atoms with Crippen molar-refractivity contribution in [2.75, 3.05) is 26.4 Å². The maximum Gasteiger partial charge on any atom is 0.338 e. The summed E-state index contributed by atoms with van der Waals surface area (Å²) in [5.74, 6) is -0.324. The first kappa shape index (κ1) is 18.7. The van der Waals surface area contributed by atoms with Crippen LogP contribution in [0, 0.1) is 0 Å². The summed E-state index contributed by atoms with van der Waals surface area (Å²) in [7, 11) is 0. The normalized spacial score (nSPS) is 11.7. The molecule has 4 nitrogen and oxygen atoms in total. The summed E-state index contributed by atoms with van der Waals surface area (Å²) in [6, 6.07) is 7.57. The molecule has 124 valence electrons. The minimum atomic E-state index is -0.388. The molecule has 0 bridgehead atoms. The van der Waals surface area contributed by atoms with E-state index in [4.69, 9.17) is 14.2 Å². The van der Waals surface area contributed by atoms with Gasteiger partial charge in [-0.3, -0.25) is 0 Å². The summed E-state index contributed by atoms with van der Waals surface area (Å²) < 4.78 is 16.3. The lowest BCUT2D eigenvalue weighted by molar-refractivity contribution is -0.0364. The van der Waals surface area contributed by atoms with Crippen LogP contribution in [0.4, 0.5) is 0 Å². The Hall–Kier alpha value is -1.39. The number of rotatable bonds is 8. The maximum atomic E-state index is 12.5. The molecule has 0 amide bonds. The second kappa shape index (κ2) is 8.91. The monoisotopic (exact) mass is 308 g/mol. The van der Waals surface area contributed by atoms with Gasteiger partial charge < -0.3 is 14.2 Å². The first-order valence-corrected chi connectivity index (χ1v) is 7.86. The molecule has 0 radical (unpaired) electrons. The van der Waals surface area contributed by atoms with Gasteiger partial charge >= 0.3 is 5.97 Å². The molecule has 0 aromatic heterocycles. The molecular weight excluding hydrogens is 280 g/mol. The Morgan fingerprint density at radius 1 is 1.05 bits per heavy atom. The first-order valence-electron chi connectivity index (χ1n) is 7.86. The van der Waals surface area contributed by atoms with Crippen molar-refractivity contribution < 1.29 is 19.0 Å². The maximum absolute atomic E-state index is 12.5. The van der Waals surface area contributed by atoms with Crippen LogP contribution in [0.15, 0.2) is 24.3 Å². The third-order valence-electron chi connectivity index (χ3n) is 3.24. The summed E-state index contributed by atoms with van der Waals surface area (Å²) in [5.41, 5.74) is 1.46. The van der Waals surface area contributed by atoms with Crippen LogP contribution in [0.3, 0.4) is 0 Å². The van der Waals surface area contributed by atoms with Gasteiger partial charge in [-0.2, -0.15) is 0 Å². The van der Waals surface area contributed by atoms with Gasteiger partial charge in [0, 0.05) is 13.2 Å². The molecule has 0 heterocycles. The number of ether oxygens (including phenoxy) is 3. The number of carbonyl (C=O) groups excluding carboxylic acids is 1. The van der Waals surface area contributed by atoms with E-state index < -0.39 is 0 Å². The second-order valence-corrected chi connectivity index (χ2v) is 6.14. The molecule has 0 aliphatic carbocycles. The third-order valence-corrected chi connectivity index (χ3v) is 3.24. The largest absolute Gasteiger partial charge is 0.454 e. The Labute approximate surface area is 133 Å². The highest BCUT2D eigenvalue weighted by Crippen LogP contribution is 2.26. The third kappa shape index (κ3) is 5.78. The Morgan fingerprint density at radius 3 is 2.09 bits per heavy atom. The molecule has 1 aromatic rings.